The largest absolute Gasteiger partial charge is 0.392 e. The van der Waals surface area contributed by atoms with Gasteiger partial charge in [0.2, 0.25) is 0 Å². The minimum Gasteiger partial charge on any atom is -0.392 e. The summed E-state index contributed by atoms with van der Waals surface area (Å²) in [5.41, 5.74) is 0.434. The van der Waals surface area contributed by atoms with Crippen molar-refractivity contribution in [3.63, 3.8) is 0 Å². The molecule has 0 spiro atoms. The summed E-state index contributed by atoms with van der Waals surface area (Å²) in [4.78, 5) is 0. The number of aliphatic hydroxyl groups excluding tert-OH is 1. The van der Waals surface area contributed by atoms with Crippen LogP contribution in [0.4, 0.5) is 4.39 Å². The molecule has 1 fully saturated rings. The second-order valence-electron chi connectivity index (χ2n) is 4.02. The van der Waals surface area contributed by atoms with Crippen LogP contribution in [0.3, 0.4) is 0 Å². The molecule has 0 aromatic heterocycles. The number of halogens is 2. The van der Waals surface area contributed by atoms with Crippen LogP contribution in [0, 0.1) is 5.82 Å². The maximum absolute atomic E-state index is 13.5. The molecular weight excluding hydrogens is 247 g/mol. The zero-order valence-corrected chi connectivity index (χ0v) is 10.4. The molecule has 4 heteroatoms. The normalized spacial score (nSPS) is 22.3. The SMILES string of the molecule is OC(Cc1c(F)cccc1Cl)C1CCCS1. The van der Waals surface area contributed by atoms with Gasteiger partial charge in [0, 0.05) is 22.3 Å². The van der Waals surface area contributed by atoms with E-state index in [4.69, 9.17) is 11.6 Å². The second-order valence-corrected chi connectivity index (χ2v) is 5.78. The van der Waals surface area contributed by atoms with Crippen LogP contribution in [0.25, 0.3) is 0 Å². The van der Waals surface area contributed by atoms with Gasteiger partial charge in [-0.05, 0) is 30.7 Å². The summed E-state index contributed by atoms with van der Waals surface area (Å²) >= 11 is 7.69. The Balaban J connectivity index is 2.07. The van der Waals surface area contributed by atoms with Gasteiger partial charge in [0.25, 0.3) is 0 Å². The van der Waals surface area contributed by atoms with Crippen LogP contribution in [0.1, 0.15) is 18.4 Å². The van der Waals surface area contributed by atoms with E-state index >= 15 is 0 Å². The third-order valence-corrected chi connectivity index (χ3v) is 4.73. The Labute approximate surface area is 104 Å². The monoisotopic (exact) mass is 260 g/mol. The molecule has 0 amide bonds. The van der Waals surface area contributed by atoms with E-state index in [0.717, 1.165) is 18.6 Å². The van der Waals surface area contributed by atoms with Gasteiger partial charge < -0.3 is 5.11 Å². The van der Waals surface area contributed by atoms with E-state index in [1.165, 1.54) is 6.07 Å². The van der Waals surface area contributed by atoms with Crippen molar-refractivity contribution in [2.45, 2.75) is 30.6 Å². The third kappa shape index (κ3) is 2.70. The summed E-state index contributed by atoms with van der Waals surface area (Å²) in [7, 11) is 0. The third-order valence-electron chi connectivity index (χ3n) is 2.87. The molecule has 0 aliphatic carbocycles. The first-order valence-corrected chi connectivity index (χ1v) is 6.83. The summed E-state index contributed by atoms with van der Waals surface area (Å²) in [5, 5.41) is 10.6. The van der Waals surface area contributed by atoms with Gasteiger partial charge in [-0.1, -0.05) is 17.7 Å². The van der Waals surface area contributed by atoms with E-state index in [1.54, 1.807) is 23.9 Å². The number of hydrogen-bond acceptors (Lipinski definition) is 2. The lowest BCUT2D eigenvalue weighted by molar-refractivity contribution is 0.169. The molecule has 0 radical (unpaired) electrons. The Kier molecular flexibility index (Phi) is 4.11. The Morgan fingerprint density at radius 3 is 3.00 bits per heavy atom. The van der Waals surface area contributed by atoms with E-state index in [2.05, 4.69) is 0 Å². The van der Waals surface area contributed by atoms with Crippen LogP contribution in [-0.4, -0.2) is 22.2 Å². The zero-order valence-electron chi connectivity index (χ0n) is 8.83. The summed E-state index contributed by atoms with van der Waals surface area (Å²) in [6.45, 7) is 0. The lowest BCUT2D eigenvalue weighted by atomic mass is 10.0. The molecule has 1 aliphatic heterocycles. The molecule has 2 rings (SSSR count). The fourth-order valence-corrected chi connectivity index (χ4v) is 3.50. The molecule has 1 aromatic carbocycles. The topological polar surface area (TPSA) is 20.2 Å². The molecule has 1 aromatic rings. The molecule has 16 heavy (non-hydrogen) atoms. The van der Waals surface area contributed by atoms with Gasteiger partial charge in [0.05, 0.1) is 6.10 Å². The predicted molar refractivity (Wildman–Crippen MR) is 66.6 cm³/mol. The summed E-state index contributed by atoms with van der Waals surface area (Å²) in [6.07, 6.45) is 1.96. The van der Waals surface area contributed by atoms with Crippen LogP contribution >= 0.6 is 23.4 Å². The minimum atomic E-state index is -0.498. The molecule has 1 heterocycles. The summed E-state index contributed by atoms with van der Waals surface area (Å²) < 4.78 is 13.5. The highest BCUT2D eigenvalue weighted by molar-refractivity contribution is 8.00. The first-order valence-electron chi connectivity index (χ1n) is 5.41. The smallest absolute Gasteiger partial charge is 0.127 e. The van der Waals surface area contributed by atoms with Gasteiger partial charge >= 0.3 is 0 Å². The zero-order chi connectivity index (χ0) is 11.5. The Bertz CT molecular complexity index is 346. The average molecular weight is 261 g/mol. The summed E-state index contributed by atoms with van der Waals surface area (Å²) in [6, 6.07) is 4.63. The van der Waals surface area contributed by atoms with E-state index in [9.17, 15) is 9.50 Å². The van der Waals surface area contributed by atoms with E-state index < -0.39 is 6.10 Å². The minimum absolute atomic E-state index is 0.232. The van der Waals surface area contributed by atoms with Crippen LogP contribution < -0.4 is 0 Å². The number of hydrogen-bond donors (Lipinski definition) is 1. The van der Waals surface area contributed by atoms with Crippen LogP contribution in [0.15, 0.2) is 18.2 Å². The van der Waals surface area contributed by atoms with Gasteiger partial charge in [-0.3, -0.25) is 0 Å². The fourth-order valence-electron chi connectivity index (χ4n) is 1.97. The van der Waals surface area contributed by atoms with Crippen molar-refractivity contribution >= 4 is 23.4 Å². The molecule has 0 bridgehead atoms. The number of thioether (sulfide) groups is 1. The predicted octanol–water partition coefficient (Wildman–Crippen LogP) is 3.28. The molecule has 1 saturated heterocycles. The van der Waals surface area contributed by atoms with Crippen molar-refractivity contribution in [3.05, 3.63) is 34.6 Å². The molecule has 1 nitrogen and oxygen atoms in total. The number of benzene rings is 1. The molecule has 0 saturated carbocycles. The molecular formula is C12H14ClFOS. The lowest BCUT2D eigenvalue weighted by Gasteiger charge is -2.17. The van der Waals surface area contributed by atoms with Gasteiger partial charge in [-0.15, -0.1) is 0 Å². The molecule has 2 unspecified atom stereocenters. The van der Waals surface area contributed by atoms with Crippen molar-refractivity contribution in [3.8, 4) is 0 Å². The fraction of sp³-hybridized carbons (Fsp3) is 0.500. The van der Waals surface area contributed by atoms with E-state index in [-0.39, 0.29) is 11.1 Å². The molecule has 1 N–H and O–H groups in total. The average Bonchev–Trinajstić information content (AvgIpc) is 2.76. The standard InChI is InChI=1S/C12H14ClFOS/c13-9-3-1-4-10(14)8(9)7-11(15)12-5-2-6-16-12/h1,3-4,11-12,15H,2,5-7H2. The number of rotatable bonds is 3. The summed E-state index contributed by atoms with van der Waals surface area (Å²) in [5.74, 6) is 0.766. The lowest BCUT2D eigenvalue weighted by Crippen LogP contribution is -2.23. The first kappa shape index (κ1) is 12.2. The van der Waals surface area contributed by atoms with Crippen molar-refractivity contribution in [1.82, 2.24) is 0 Å². The van der Waals surface area contributed by atoms with Crippen LogP contribution in [-0.2, 0) is 6.42 Å². The van der Waals surface area contributed by atoms with Gasteiger partial charge in [0.1, 0.15) is 5.82 Å². The highest BCUT2D eigenvalue weighted by Gasteiger charge is 2.25. The van der Waals surface area contributed by atoms with Crippen molar-refractivity contribution in [2.75, 3.05) is 5.75 Å². The van der Waals surface area contributed by atoms with Crippen molar-refractivity contribution in [1.29, 1.82) is 0 Å². The van der Waals surface area contributed by atoms with Gasteiger partial charge in [-0.2, -0.15) is 11.8 Å². The van der Waals surface area contributed by atoms with Gasteiger partial charge in [-0.25, -0.2) is 4.39 Å². The van der Waals surface area contributed by atoms with Crippen LogP contribution in [0.5, 0.6) is 0 Å². The van der Waals surface area contributed by atoms with E-state index in [0.29, 0.717) is 17.0 Å². The Morgan fingerprint density at radius 1 is 1.56 bits per heavy atom. The number of aliphatic hydroxyl groups is 1. The maximum Gasteiger partial charge on any atom is 0.127 e. The highest BCUT2D eigenvalue weighted by Crippen LogP contribution is 2.31. The maximum atomic E-state index is 13.5. The van der Waals surface area contributed by atoms with Crippen molar-refractivity contribution < 1.29 is 9.50 Å². The second kappa shape index (κ2) is 5.39. The van der Waals surface area contributed by atoms with E-state index in [1.807, 2.05) is 0 Å². The van der Waals surface area contributed by atoms with Crippen molar-refractivity contribution in [2.24, 2.45) is 0 Å². The quantitative estimate of drug-likeness (QED) is 0.900. The first-order chi connectivity index (χ1) is 7.68. The van der Waals surface area contributed by atoms with Gasteiger partial charge in [0.15, 0.2) is 0 Å². The molecule has 1 aliphatic rings. The Morgan fingerprint density at radius 2 is 2.38 bits per heavy atom. The Hall–Kier alpha value is -0.250. The highest BCUT2D eigenvalue weighted by atomic mass is 35.5. The van der Waals surface area contributed by atoms with Crippen LogP contribution in [0.2, 0.25) is 5.02 Å². The molecule has 88 valence electrons. The molecule has 2 atom stereocenters.